The molecule has 2 aliphatic heterocycles. The second-order valence-corrected chi connectivity index (χ2v) is 29.6. The van der Waals surface area contributed by atoms with Crippen molar-refractivity contribution >= 4 is 57.9 Å². The smallest absolute Gasteiger partial charge is 0.455 e. The molecule has 26 nitrogen and oxygen atoms in total. The summed E-state index contributed by atoms with van der Waals surface area (Å²) in [4.78, 5) is 110. The van der Waals surface area contributed by atoms with Gasteiger partial charge in [0.15, 0.2) is 35.0 Å². The average Bonchev–Trinajstić information content (AvgIpc) is 0.676. The van der Waals surface area contributed by atoms with Gasteiger partial charge >= 0.3 is 36.2 Å². The minimum absolute atomic E-state index is 0.0109. The molecule has 526 valence electrons. The van der Waals surface area contributed by atoms with E-state index >= 15 is 9.59 Å². The number of rotatable bonds is 12. The molecule has 27 heteroatoms. The number of benzene rings is 3. The Kier molecular flexibility index (Phi) is 19.1. The predicted molar refractivity (Wildman–Crippen MR) is 335 cm³/mol. The van der Waals surface area contributed by atoms with Crippen LogP contribution in [0.2, 0.25) is 0 Å². The minimum Gasteiger partial charge on any atom is -0.455 e. The fourth-order valence-electron chi connectivity index (χ4n) is 17.1. The lowest BCUT2D eigenvalue weighted by atomic mass is 9.44. The first kappa shape index (κ1) is 72.3. The molecule has 3 aromatic rings. The Labute approximate surface area is 561 Å². The van der Waals surface area contributed by atoms with Gasteiger partial charge in [-0.3, -0.25) is 23.4 Å². The summed E-state index contributed by atoms with van der Waals surface area (Å²) in [6.45, 7) is 16.0. The van der Waals surface area contributed by atoms with Crippen LogP contribution in [-0.4, -0.2) is 195 Å². The Balaban J connectivity index is 0.000000214. The third-order valence-corrected chi connectivity index (χ3v) is 23.7. The highest BCUT2D eigenvalue weighted by Crippen LogP contribution is 2.67. The van der Waals surface area contributed by atoms with Gasteiger partial charge in [0.05, 0.1) is 90.5 Å². The summed E-state index contributed by atoms with van der Waals surface area (Å²) in [6.07, 6.45) is -17.6. The van der Waals surface area contributed by atoms with Crippen molar-refractivity contribution in [2.75, 3.05) is 34.5 Å². The highest BCUT2D eigenvalue weighted by atomic mass is 32.2. The molecular weight excluding hydrogens is 1290 g/mol. The molecule has 0 unspecified atom stereocenters. The second-order valence-electron chi connectivity index (χ2n) is 28.0. The monoisotopic (exact) mass is 1370 g/mol. The quantitative estimate of drug-likeness (QED) is 0.0686. The third kappa shape index (κ3) is 11.4. The molecule has 0 aromatic heterocycles. The first-order chi connectivity index (χ1) is 45.3. The van der Waals surface area contributed by atoms with E-state index in [0.717, 1.165) is 26.7 Å². The van der Waals surface area contributed by atoms with E-state index in [-0.39, 0.29) is 65.2 Å². The van der Waals surface area contributed by atoms with Crippen molar-refractivity contribution in [2.24, 2.45) is 33.5 Å². The Hall–Kier alpha value is -7.47. The summed E-state index contributed by atoms with van der Waals surface area (Å²) in [5.41, 5.74) is -13.1. The van der Waals surface area contributed by atoms with Crippen LogP contribution >= 0.6 is 0 Å². The van der Waals surface area contributed by atoms with E-state index in [1.165, 1.54) is 52.1 Å². The van der Waals surface area contributed by atoms with E-state index in [1.54, 1.807) is 109 Å². The molecule has 6 aliphatic carbocycles. The second kappa shape index (κ2) is 25.7. The summed E-state index contributed by atoms with van der Waals surface area (Å²) in [6, 6.07) is 21.8. The van der Waals surface area contributed by atoms with E-state index in [9.17, 15) is 57.6 Å². The van der Waals surface area contributed by atoms with Gasteiger partial charge in [0, 0.05) is 57.5 Å². The van der Waals surface area contributed by atoms with Crippen molar-refractivity contribution in [3.63, 3.8) is 0 Å². The lowest BCUT2D eigenvalue weighted by Crippen LogP contribution is -2.82. The number of Topliss-reactive ketones (excluding diaryl/α,β-unsaturated/α-hetero) is 2. The van der Waals surface area contributed by atoms with Gasteiger partial charge in [-0.15, -0.1) is 0 Å². The molecule has 8 aliphatic rings. The van der Waals surface area contributed by atoms with Crippen molar-refractivity contribution in [3.05, 3.63) is 124 Å². The predicted octanol–water partition coefficient (Wildman–Crippen LogP) is 6.12. The molecule has 11 rings (SSSR count). The van der Waals surface area contributed by atoms with E-state index in [0.29, 0.717) is 5.57 Å². The average molecular weight is 1370 g/mol. The van der Waals surface area contributed by atoms with Crippen LogP contribution < -0.4 is 0 Å². The maximum atomic E-state index is 15.6. The van der Waals surface area contributed by atoms with Crippen LogP contribution in [0.25, 0.3) is 0 Å². The van der Waals surface area contributed by atoms with Gasteiger partial charge in [-0.1, -0.05) is 81.8 Å². The molecule has 6 fully saturated rings. The molecule has 2 saturated heterocycles. The molecule has 4 N–H and O–H groups in total. The topological polar surface area (TPSA) is 362 Å². The fraction of sp³-hybridized carbons (Fsp3) is 0.571. The summed E-state index contributed by atoms with van der Waals surface area (Å²) >= 11 is 0. The molecule has 0 radical (unpaired) electrons. The van der Waals surface area contributed by atoms with E-state index in [1.807, 2.05) is 0 Å². The Morgan fingerprint density at radius 3 is 1.25 bits per heavy atom. The van der Waals surface area contributed by atoms with Crippen molar-refractivity contribution in [3.8, 4) is 0 Å². The number of hydrogen-bond donors (Lipinski definition) is 4. The van der Waals surface area contributed by atoms with E-state index in [4.69, 9.17) is 56.3 Å². The molecule has 0 spiro atoms. The number of ketones is 2. The maximum absolute atomic E-state index is 15.6. The highest BCUT2D eigenvalue weighted by molar-refractivity contribution is 7.86. The zero-order valence-corrected chi connectivity index (χ0v) is 57.2. The Bertz CT molecular complexity index is 3830. The number of carbonyl (C=O) groups excluding carboxylic acids is 8. The number of fused-ring (bicyclic) bond motifs is 10. The van der Waals surface area contributed by atoms with Gasteiger partial charge in [-0.25, -0.2) is 19.2 Å². The first-order valence-electron chi connectivity index (χ1n) is 31.8. The van der Waals surface area contributed by atoms with Crippen LogP contribution in [0.3, 0.4) is 0 Å². The molecular formula is C70H84O26S. The molecule has 3 aromatic carbocycles. The SMILES string of the molecule is COC(=O)O[C@H]1C(=O)[C@]2(C)[C@@H](OC)C[C@H]3OC[C@@]3(OC(C)=O)[C@H]2[C@H](OC(=O)c2ccccc2)[C@]2(O)C[C@H](O)C(C)=C1C2(C)C.COC(=O)O[C@H]1C(=O)[C@]2(C)[C@@H](OS(=O)(=O)c3ccc(C)cc3)C[C@H]3OC[C@@]3(OC(C)=O)[C@H]2[C@H](OC(=O)c2ccccc2)[C@]2(O)C[C@H](O)C(C)=C1C2(C)C. The molecule has 4 saturated carbocycles. The van der Waals surface area contributed by atoms with Gasteiger partial charge in [-0.05, 0) is 93.3 Å². The molecule has 4 bridgehead atoms. The van der Waals surface area contributed by atoms with Crippen LogP contribution in [0.15, 0.2) is 112 Å². The van der Waals surface area contributed by atoms with Crippen molar-refractivity contribution in [1.82, 2.24) is 0 Å². The lowest BCUT2D eigenvalue weighted by Gasteiger charge is -2.67. The summed E-state index contributed by atoms with van der Waals surface area (Å²) < 4.78 is 97.4. The first-order valence-corrected chi connectivity index (χ1v) is 33.2. The number of methoxy groups -OCH3 is 3. The number of hydrogen-bond acceptors (Lipinski definition) is 26. The van der Waals surface area contributed by atoms with Gasteiger partial charge in [0.1, 0.15) is 35.6 Å². The minimum atomic E-state index is -4.64. The van der Waals surface area contributed by atoms with Crippen molar-refractivity contribution < 1.29 is 123 Å². The number of aryl methyl sites for hydroxylation is 1. The lowest BCUT2D eigenvalue weighted by molar-refractivity contribution is -0.347. The van der Waals surface area contributed by atoms with Gasteiger partial charge in [-0.2, -0.15) is 8.42 Å². The van der Waals surface area contributed by atoms with Gasteiger partial charge < -0.3 is 72.5 Å². The normalized spacial score (nSPS) is 36.6. The van der Waals surface area contributed by atoms with Gasteiger partial charge in [0.25, 0.3) is 10.1 Å². The summed E-state index contributed by atoms with van der Waals surface area (Å²) in [5.74, 6) is -7.69. The highest BCUT2D eigenvalue weighted by Gasteiger charge is 2.81. The zero-order chi connectivity index (χ0) is 71.3. The van der Waals surface area contributed by atoms with Gasteiger partial charge in [0.2, 0.25) is 0 Å². The number of carbonyl (C=O) groups is 8. The van der Waals surface area contributed by atoms with Crippen LogP contribution in [-0.2, 0) is 85.6 Å². The number of ether oxygens (including phenoxy) is 11. The third-order valence-electron chi connectivity index (χ3n) is 22.4. The maximum Gasteiger partial charge on any atom is 0.509 e. The standard InChI is InChI=1S/C38H44O14S.C32H40O12/c1-20-13-15-24(16-14-20)53(45,46)52-26-17-27-37(19-48-27,51-22(3)39)30-32(50-33(42)23-11-9-8-10-12-23)38(44)18-25(40)21(2)28(35(38,4)5)29(49-34(43)47-7)31(41)36(26,30)6;1-16-19(34)14-32(38)26(43-27(36)18-11-9-8-10-12-18)24-30(5,20(39-6)13-21-31(24,15-41-21)44-17(2)33)25(35)23(42-28(37)40-7)22(16)29(32,3)4/h8-16,25-27,29-30,32,40,44H,17-19H2,1-7H3;8-12,19-21,23-24,26,34,38H,13-15H2,1-7H3/t25-,26-,27+,29+,30-,32-,36+,37-,38+;19-,20-,21+,23+,24-,26-,30+,31-,32+/m00/s1. The Morgan fingerprint density at radius 2 is 0.907 bits per heavy atom. The molecule has 2 heterocycles. The van der Waals surface area contributed by atoms with Crippen LogP contribution in [0.4, 0.5) is 9.59 Å². The summed E-state index contributed by atoms with van der Waals surface area (Å²) in [5, 5.41) is 49.2. The molecule has 18 atom stereocenters. The largest absolute Gasteiger partial charge is 0.509 e. The van der Waals surface area contributed by atoms with E-state index < -0.39 is 181 Å². The summed E-state index contributed by atoms with van der Waals surface area (Å²) in [7, 11) is -1.10. The number of esters is 4. The molecule has 0 amide bonds. The molecule has 97 heavy (non-hydrogen) atoms. The number of aliphatic hydroxyl groups excluding tert-OH is 2. The van der Waals surface area contributed by atoms with Crippen LogP contribution in [0.5, 0.6) is 0 Å². The van der Waals surface area contributed by atoms with E-state index in [2.05, 4.69) is 0 Å². The van der Waals surface area contributed by atoms with Crippen molar-refractivity contribution in [2.45, 2.75) is 190 Å². The van der Waals surface area contributed by atoms with Crippen LogP contribution in [0.1, 0.15) is 121 Å². The zero-order valence-electron chi connectivity index (χ0n) is 56.4. The van der Waals surface area contributed by atoms with Crippen LogP contribution in [0, 0.1) is 40.4 Å². The van der Waals surface area contributed by atoms with Crippen molar-refractivity contribution in [1.29, 1.82) is 0 Å². The Morgan fingerprint density at radius 1 is 0.536 bits per heavy atom. The fourth-order valence-corrected chi connectivity index (χ4v) is 18.3. The number of aliphatic hydroxyl groups is 4.